The lowest BCUT2D eigenvalue weighted by atomic mass is 10.00. The van der Waals surface area contributed by atoms with E-state index in [1.807, 2.05) is 84.9 Å². The van der Waals surface area contributed by atoms with E-state index < -0.39 is 0 Å². The van der Waals surface area contributed by atoms with Crippen molar-refractivity contribution in [3.8, 4) is 17.0 Å². The molecule has 0 bridgehead atoms. The van der Waals surface area contributed by atoms with Crippen LogP contribution in [0.25, 0.3) is 22.2 Å². The average Bonchev–Trinajstić information content (AvgIpc) is 3.11. The van der Waals surface area contributed by atoms with E-state index in [9.17, 15) is 4.79 Å². The normalized spacial score (nSPS) is 11.5. The second-order valence-corrected chi connectivity index (χ2v) is 11.4. The van der Waals surface area contributed by atoms with Gasteiger partial charge in [0, 0.05) is 30.6 Å². The first-order valence-electron chi connectivity index (χ1n) is 16.0. The van der Waals surface area contributed by atoms with Crippen molar-refractivity contribution in [2.24, 2.45) is 0 Å². The highest BCUT2D eigenvalue weighted by atomic mass is 35.5. The number of hydrogen-bond donors (Lipinski definition) is 1. The third-order valence-electron chi connectivity index (χ3n) is 8.19. The molecule has 1 aromatic heterocycles. The molecule has 1 atom stereocenters. The van der Waals surface area contributed by atoms with Crippen LogP contribution in [-0.4, -0.2) is 28.9 Å². The number of carbonyl (C=O) groups excluding carboxylic acids is 1. The third-order valence-corrected chi connectivity index (χ3v) is 8.19. The Labute approximate surface area is 283 Å². The Kier molecular flexibility index (Phi) is 11.8. The van der Waals surface area contributed by atoms with Crippen LogP contribution in [0.3, 0.4) is 0 Å². The number of pyridine rings is 1. The van der Waals surface area contributed by atoms with Gasteiger partial charge in [-0.05, 0) is 29.2 Å². The molecule has 238 valence electrons. The molecule has 0 aliphatic carbocycles. The van der Waals surface area contributed by atoms with Crippen LogP contribution in [0.15, 0.2) is 146 Å². The summed E-state index contributed by atoms with van der Waals surface area (Å²) in [4.78, 5) is 21.8. The molecule has 1 N–H and O–H groups in total. The van der Waals surface area contributed by atoms with Gasteiger partial charge >= 0.3 is 0 Å². The SMILES string of the molecule is CC[C@H](NC(=O)c1c(OCCN(Cc2ccccc2)Cc2ccccc2)c(-c2ccccc2)nc2ccccc12)c1ccccc1.Cl. The molecule has 6 aromatic rings. The highest BCUT2D eigenvalue weighted by molar-refractivity contribution is 6.10. The number of amides is 1. The van der Waals surface area contributed by atoms with Crippen LogP contribution in [0.2, 0.25) is 0 Å². The second-order valence-electron chi connectivity index (χ2n) is 11.4. The summed E-state index contributed by atoms with van der Waals surface area (Å²) in [5, 5.41) is 4.08. The van der Waals surface area contributed by atoms with Gasteiger partial charge in [-0.3, -0.25) is 9.69 Å². The van der Waals surface area contributed by atoms with Gasteiger partial charge in [0.15, 0.2) is 5.75 Å². The fraction of sp³-hybridized carbons (Fsp3) is 0.171. The monoisotopic (exact) mass is 641 g/mol. The zero-order valence-electron chi connectivity index (χ0n) is 26.6. The van der Waals surface area contributed by atoms with E-state index in [4.69, 9.17) is 9.72 Å². The Balaban J connectivity index is 0.00000433. The molecule has 0 aliphatic heterocycles. The van der Waals surface area contributed by atoms with Crippen molar-refractivity contribution in [3.63, 3.8) is 0 Å². The largest absolute Gasteiger partial charge is 0.489 e. The molecule has 0 spiro atoms. The number of para-hydroxylation sites is 1. The molecule has 1 heterocycles. The fourth-order valence-electron chi connectivity index (χ4n) is 5.86. The number of nitrogens with zero attached hydrogens (tertiary/aromatic N) is 2. The van der Waals surface area contributed by atoms with Crippen molar-refractivity contribution in [3.05, 3.63) is 168 Å². The third kappa shape index (κ3) is 8.44. The molecule has 0 unspecified atom stereocenters. The van der Waals surface area contributed by atoms with Crippen LogP contribution in [-0.2, 0) is 13.1 Å². The maximum Gasteiger partial charge on any atom is 0.256 e. The van der Waals surface area contributed by atoms with Gasteiger partial charge in [-0.25, -0.2) is 4.98 Å². The van der Waals surface area contributed by atoms with Gasteiger partial charge in [0.1, 0.15) is 12.3 Å². The average molecular weight is 642 g/mol. The molecular formula is C41H40ClN3O2. The van der Waals surface area contributed by atoms with E-state index >= 15 is 0 Å². The summed E-state index contributed by atoms with van der Waals surface area (Å²) in [6, 6.07) is 48.8. The Bertz CT molecular complexity index is 1810. The van der Waals surface area contributed by atoms with Crippen molar-refractivity contribution in [2.45, 2.75) is 32.5 Å². The van der Waals surface area contributed by atoms with Gasteiger partial charge in [-0.1, -0.05) is 146 Å². The van der Waals surface area contributed by atoms with Crippen molar-refractivity contribution in [1.29, 1.82) is 0 Å². The molecule has 0 radical (unpaired) electrons. The molecule has 1 amide bonds. The molecule has 0 aliphatic rings. The van der Waals surface area contributed by atoms with Gasteiger partial charge in [-0.2, -0.15) is 0 Å². The van der Waals surface area contributed by atoms with Crippen molar-refractivity contribution < 1.29 is 9.53 Å². The first kappa shape index (κ1) is 33.4. The lowest BCUT2D eigenvalue weighted by molar-refractivity contribution is 0.0932. The maximum atomic E-state index is 14.4. The Hall–Kier alpha value is -4.97. The molecular weight excluding hydrogens is 602 g/mol. The number of nitrogens with one attached hydrogen (secondary N) is 1. The minimum Gasteiger partial charge on any atom is -0.489 e. The van der Waals surface area contributed by atoms with E-state index in [1.54, 1.807) is 0 Å². The van der Waals surface area contributed by atoms with Gasteiger partial charge in [0.2, 0.25) is 0 Å². The summed E-state index contributed by atoms with van der Waals surface area (Å²) in [5.41, 5.74) is 6.37. The minimum atomic E-state index is -0.174. The molecule has 5 nitrogen and oxygen atoms in total. The van der Waals surface area contributed by atoms with Crippen LogP contribution in [0.5, 0.6) is 5.75 Å². The highest BCUT2D eigenvalue weighted by Gasteiger charge is 2.25. The topological polar surface area (TPSA) is 54.5 Å². The van der Waals surface area contributed by atoms with Crippen molar-refractivity contribution in [2.75, 3.05) is 13.2 Å². The summed E-state index contributed by atoms with van der Waals surface area (Å²) in [5.74, 6) is 0.330. The van der Waals surface area contributed by atoms with Gasteiger partial charge in [-0.15, -0.1) is 12.4 Å². The summed E-state index contributed by atoms with van der Waals surface area (Å²) in [7, 11) is 0. The summed E-state index contributed by atoms with van der Waals surface area (Å²) < 4.78 is 6.71. The first-order valence-corrected chi connectivity index (χ1v) is 16.0. The Morgan fingerprint density at radius 1 is 0.723 bits per heavy atom. The lowest BCUT2D eigenvalue weighted by Crippen LogP contribution is -2.30. The zero-order valence-corrected chi connectivity index (χ0v) is 27.4. The molecule has 6 rings (SSSR count). The summed E-state index contributed by atoms with van der Waals surface area (Å²) in [6.45, 7) is 4.69. The number of aromatic nitrogens is 1. The standard InChI is InChI=1S/C41H39N3O2.ClH/c1-2-36(33-21-11-5-12-22-33)43-41(45)38-35-25-15-16-26-37(35)42-39(34-23-13-6-14-24-34)40(38)46-28-27-44(29-31-17-7-3-8-18-31)30-32-19-9-4-10-20-32;/h3-26,36H,2,27-30H2,1H3,(H,43,45);1H/t36-;/m0./s1. The van der Waals surface area contributed by atoms with Crippen molar-refractivity contribution in [1.82, 2.24) is 15.2 Å². The number of benzene rings is 5. The second kappa shape index (κ2) is 16.5. The summed E-state index contributed by atoms with van der Waals surface area (Å²) in [6.07, 6.45) is 0.758. The van der Waals surface area contributed by atoms with Crippen LogP contribution < -0.4 is 10.1 Å². The van der Waals surface area contributed by atoms with Crippen LogP contribution in [0.1, 0.15) is 46.4 Å². The fourth-order valence-corrected chi connectivity index (χ4v) is 5.86. The number of fused-ring (bicyclic) bond motifs is 1. The molecule has 0 saturated carbocycles. The predicted octanol–water partition coefficient (Wildman–Crippen LogP) is 9.29. The quantitative estimate of drug-likeness (QED) is 0.137. The highest BCUT2D eigenvalue weighted by Crippen LogP contribution is 2.37. The number of rotatable bonds is 13. The molecule has 47 heavy (non-hydrogen) atoms. The number of halogens is 1. The lowest BCUT2D eigenvalue weighted by Gasteiger charge is -2.24. The molecule has 0 saturated heterocycles. The molecule has 5 aromatic carbocycles. The van der Waals surface area contributed by atoms with Crippen LogP contribution in [0, 0.1) is 0 Å². The number of carbonyl (C=O) groups is 1. The van der Waals surface area contributed by atoms with E-state index in [1.165, 1.54) is 11.1 Å². The summed E-state index contributed by atoms with van der Waals surface area (Å²) >= 11 is 0. The maximum absolute atomic E-state index is 14.4. The van der Waals surface area contributed by atoms with E-state index in [-0.39, 0.29) is 24.4 Å². The van der Waals surface area contributed by atoms with Crippen molar-refractivity contribution >= 4 is 29.2 Å². The predicted molar refractivity (Wildman–Crippen MR) is 194 cm³/mol. The molecule has 6 heteroatoms. The smallest absolute Gasteiger partial charge is 0.256 e. The van der Waals surface area contributed by atoms with E-state index in [2.05, 4.69) is 77.8 Å². The first-order chi connectivity index (χ1) is 22.7. The minimum absolute atomic E-state index is 0. The van der Waals surface area contributed by atoms with Crippen LogP contribution in [0.4, 0.5) is 0 Å². The Morgan fingerprint density at radius 2 is 1.26 bits per heavy atom. The van der Waals surface area contributed by atoms with Gasteiger partial charge in [0.05, 0.1) is 17.1 Å². The number of hydrogen-bond acceptors (Lipinski definition) is 4. The Morgan fingerprint density at radius 3 is 1.85 bits per heavy atom. The van der Waals surface area contributed by atoms with Crippen LogP contribution >= 0.6 is 12.4 Å². The van der Waals surface area contributed by atoms with Gasteiger partial charge < -0.3 is 10.1 Å². The van der Waals surface area contributed by atoms with Gasteiger partial charge in [0.25, 0.3) is 5.91 Å². The molecule has 0 fully saturated rings. The zero-order chi connectivity index (χ0) is 31.6. The number of ether oxygens (including phenoxy) is 1. The van der Waals surface area contributed by atoms with E-state index in [0.717, 1.165) is 41.5 Å². The van der Waals surface area contributed by atoms with E-state index in [0.29, 0.717) is 30.2 Å².